The van der Waals surface area contributed by atoms with Gasteiger partial charge in [-0.2, -0.15) is 0 Å². The van der Waals surface area contributed by atoms with E-state index in [1.807, 2.05) is 12.1 Å². The topological polar surface area (TPSA) is 58.7 Å². The Bertz CT molecular complexity index is 370. The van der Waals surface area contributed by atoms with Crippen molar-refractivity contribution in [2.45, 2.75) is 18.6 Å². The van der Waals surface area contributed by atoms with Gasteiger partial charge in [-0.15, -0.1) is 0 Å². The fourth-order valence-electron chi connectivity index (χ4n) is 2.39. The van der Waals surface area contributed by atoms with E-state index in [1.165, 1.54) is 11.3 Å². The Morgan fingerprint density at radius 2 is 2.29 bits per heavy atom. The van der Waals surface area contributed by atoms with E-state index in [1.54, 1.807) is 7.11 Å². The number of fused-ring (bicyclic) bond motifs is 1. The molecule has 4 heteroatoms. The van der Waals surface area contributed by atoms with Crippen LogP contribution in [0.2, 0.25) is 0 Å². The van der Waals surface area contributed by atoms with Crippen LogP contribution in [-0.2, 0) is 11.2 Å². The van der Waals surface area contributed by atoms with Crippen LogP contribution in [0.25, 0.3) is 0 Å². The van der Waals surface area contributed by atoms with Gasteiger partial charge in [-0.3, -0.25) is 0 Å². The van der Waals surface area contributed by atoms with Gasteiger partial charge >= 0.3 is 0 Å². The molecule has 2 unspecified atom stereocenters. The second-order valence-electron chi connectivity index (χ2n) is 4.61. The smallest absolute Gasteiger partial charge is 0.0947 e. The average Bonchev–Trinajstić information content (AvgIpc) is 2.29. The lowest BCUT2D eigenvalue weighted by Crippen LogP contribution is -2.46. The minimum Gasteiger partial charge on any atom is -0.389 e. The molecular formula is C13H20N2O2. The highest BCUT2D eigenvalue weighted by Gasteiger charge is 2.23. The predicted octanol–water partition coefficient (Wildman–Crippen LogP) is 0.384. The summed E-state index contributed by atoms with van der Waals surface area (Å²) in [6, 6.07) is 8.37. The summed E-state index contributed by atoms with van der Waals surface area (Å²) in [5.74, 6) is 0. The molecule has 1 heterocycles. The summed E-state index contributed by atoms with van der Waals surface area (Å²) in [6.07, 6.45) is 0.436. The van der Waals surface area contributed by atoms with Crippen LogP contribution >= 0.6 is 0 Å². The van der Waals surface area contributed by atoms with E-state index >= 15 is 0 Å². The molecule has 1 aromatic rings. The summed E-state index contributed by atoms with van der Waals surface area (Å²) < 4.78 is 4.95. The first-order chi connectivity index (χ1) is 8.20. The maximum absolute atomic E-state index is 9.81. The molecule has 3 N–H and O–H groups in total. The van der Waals surface area contributed by atoms with Crippen LogP contribution in [0.1, 0.15) is 5.56 Å². The Kier molecular flexibility index (Phi) is 3.99. The first-order valence-electron chi connectivity index (χ1n) is 5.96. The Morgan fingerprint density at radius 1 is 1.53 bits per heavy atom. The Morgan fingerprint density at radius 3 is 3.06 bits per heavy atom. The number of methoxy groups -OCH3 is 1. The summed E-state index contributed by atoms with van der Waals surface area (Å²) in [6.45, 7) is 1.71. The molecule has 1 aliphatic heterocycles. The number of benzene rings is 1. The van der Waals surface area contributed by atoms with Crippen LogP contribution < -0.4 is 10.6 Å². The maximum Gasteiger partial charge on any atom is 0.0947 e. The fourth-order valence-corrected chi connectivity index (χ4v) is 2.39. The molecule has 0 amide bonds. The molecule has 0 aromatic heterocycles. The third-order valence-electron chi connectivity index (χ3n) is 3.06. The van der Waals surface area contributed by atoms with Crippen molar-refractivity contribution in [2.24, 2.45) is 5.73 Å². The molecular weight excluding hydrogens is 216 g/mol. The largest absolute Gasteiger partial charge is 0.389 e. The number of hydrogen-bond acceptors (Lipinski definition) is 4. The van der Waals surface area contributed by atoms with Gasteiger partial charge in [-0.05, 0) is 18.1 Å². The Labute approximate surface area is 102 Å². The molecule has 0 saturated carbocycles. The fraction of sp³-hybridized carbons (Fsp3) is 0.538. The lowest BCUT2D eigenvalue weighted by atomic mass is 9.98. The van der Waals surface area contributed by atoms with E-state index in [9.17, 15) is 5.11 Å². The highest BCUT2D eigenvalue weighted by atomic mass is 16.5. The van der Waals surface area contributed by atoms with Gasteiger partial charge in [-0.1, -0.05) is 18.2 Å². The summed E-state index contributed by atoms with van der Waals surface area (Å²) >= 11 is 0. The number of anilines is 1. The molecule has 2 atom stereocenters. The van der Waals surface area contributed by atoms with E-state index in [0.29, 0.717) is 13.2 Å². The van der Waals surface area contributed by atoms with Crippen molar-refractivity contribution in [1.82, 2.24) is 0 Å². The molecule has 4 nitrogen and oxygen atoms in total. The maximum atomic E-state index is 9.81. The minimum atomic E-state index is -0.474. The third-order valence-corrected chi connectivity index (χ3v) is 3.06. The van der Waals surface area contributed by atoms with Gasteiger partial charge in [0.05, 0.1) is 12.7 Å². The molecule has 0 saturated heterocycles. The molecule has 0 aliphatic carbocycles. The number of para-hydroxylation sites is 1. The highest BCUT2D eigenvalue weighted by molar-refractivity contribution is 5.56. The molecule has 94 valence electrons. The van der Waals surface area contributed by atoms with Crippen LogP contribution in [0, 0.1) is 0 Å². The van der Waals surface area contributed by atoms with E-state index in [0.717, 1.165) is 13.0 Å². The first-order valence-corrected chi connectivity index (χ1v) is 5.96. The van der Waals surface area contributed by atoms with Gasteiger partial charge in [-0.25, -0.2) is 0 Å². The predicted molar refractivity (Wildman–Crippen MR) is 68.2 cm³/mol. The Hall–Kier alpha value is -1.10. The number of β-amino-alcohol motifs (C(OH)–C–C–N with tert-alkyl or cyclic N) is 1. The second kappa shape index (κ2) is 5.49. The van der Waals surface area contributed by atoms with Crippen molar-refractivity contribution in [3.05, 3.63) is 29.8 Å². The molecule has 2 rings (SSSR count). The molecule has 0 spiro atoms. The van der Waals surface area contributed by atoms with Crippen LogP contribution in [0.15, 0.2) is 24.3 Å². The van der Waals surface area contributed by atoms with Gasteiger partial charge in [0.25, 0.3) is 0 Å². The lowest BCUT2D eigenvalue weighted by Gasteiger charge is -2.35. The zero-order valence-corrected chi connectivity index (χ0v) is 10.2. The van der Waals surface area contributed by atoms with E-state index in [-0.39, 0.29) is 6.04 Å². The van der Waals surface area contributed by atoms with Crippen LogP contribution in [0.4, 0.5) is 5.69 Å². The summed E-state index contributed by atoms with van der Waals surface area (Å²) in [7, 11) is 1.60. The molecule has 0 radical (unpaired) electrons. The van der Waals surface area contributed by atoms with Crippen LogP contribution in [0.3, 0.4) is 0 Å². The molecule has 1 aromatic carbocycles. The van der Waals surface area contributed by atoms with E-state index in [2.05, 4.69) is 17.0 Å². The summed E-state index contributed by atoms with van der Waals surface area (Å²) in [5, 5.41) is 9.81. The SMILES string of the molecule is COCC(O)CN1CC(N)Cc2ccccc21. The highest BCUT2D eigenvalue weighted by Crippen LogP contribution is 2.26. The normalized spacial score (nSPS) is 21.1. The molecule has 17 heavy (non-hydrogen) atoms. The summed E-state index contributed by atoms with van der Waals surface area (Å²) in [5.41, 5.74) is 8.48. The zero-order valence-electron chi connectivity index (χ0n) is 10.2. The van der Waals surface area contributed by atoms with Gasteiger partial charge in [0.1, 0.15) is 0 Å². The number of ether oxygens (including phenoxy) is 1. The van der Waals surface area contributed by atoms with Crippen LogP contribution in [-0.4, -0.2) is 44.1 Å². The summed E-state index contributed by atoms with van der Waals surface area (Å²) in [4.78, 5) is 2.15. The number of aliphatic hydroxyl groups is 1. The standard InChI is InChI=1S/C13H20N2O2/c1-17-9-12(16)8-15-7-11(14)6-10-4-2-3-5-13(10)15/h2-5,11-12,16H,6-9,14H2,1H3. The minimum absolute atomic E-state index is 0.139. The van der Waals surface area contributed by atoms with Gasteiger partial charge < -0.3 is 20.5 Å². The monoisotopic (exact) mass is 236 g/mol. The lowest BCUT2D eigenvalue weighted by molar-refractivity contribution is 0.0685. The van der Waals surface area contributed by atoms with Crippen molar-refractivity contribution in [3.8, 4) is 0 Å². The molecule has 1 aliphatic rings. The molecule has 0 fully saturated rings. The van der Waals surface area contributed by atoms with E-state index in [4.69, 9.17) is 10.5 Å². The molecule has 0 bridgehead atoms. The number of hydrogen-bond donors (Lipinski definition) is 2. The third kappa shape index (κ3) is 2.97. The second-order valence-corrected chi connectivity index (χ2v) is 4.61. The number of aliphatic hydroxyl groups excluding tert-OH is 1. The number of rotatable bonds is 4. The van der Waals surface area contributed by atoms with Crippen molar-refractivity contribution in [1.29, 1.82) is 0 Å². The van der Waals surface area contributed by atoms with Crippen molar-refractivity contribution < 1.29 is 9.84 Å². The number of nitrogens with two attached hydrogens (primary N) is 1. The number of nitrogens with zero attached hydrogens (tertiary/aromatic N) is 1. The van der Waals surface area contributed by atoms with Crippen LogP contribution in [0.5, 0.6) is 0 Å². The van der Waals surface area contributed by atoms with E-state index < -0.39 is 6.10 Å². The van der Waals surface area contributed by atoms with Gasteiger partial charge in [0.2, 0.25) is 0 Å². The van der Waals surface area contributed by atoms with Crippen molar-refractivity contribution in [3.63, 3.8) is 0 Å². The van der Waals surface area contributed by atoms with Gasteiger partial charge in [0.15, 0.2) is 0 Å². The zero-order chi connectivity index (χ0) is 12.3. The van der Waals surface area contributed by atoms with Crippen molar-refractivity contribution in [2.75, 3.05) is 31.7 Å². The Balaban J connectivity index is 2.12. The van der Waals surface area contributed by atoms with Crippen molar-refractivity contribution >= 4 is 5.69 Å². The average molecular weight is 236 g/mol. The van der Waals surface area contributed by atoms with Gasteiger partial charge in [0, 0.05) is 31.9 Å². The first kappa shape index (κ1) is 12.4. The quantitative estimate of drug-likeness (QED) is 0.793.